The van der Waals surface area contributed by atoms with E-state index in [9.17, 15) is 4.79 Å². The predicted octanol–water partition coefficient (Wildman–Crippen LogP) is 1.84. The van der Waals surface area contributed by atoms with Crippen LogP contribution in [-0.2, 0) is 11.2 Å². The molecule has 1 saturated heterocycles. The Balaban J connectivity index is 2.07. The Morgan fingerprint density at radius 3 is 3.05 bits per heavy atom. The molecule has 1 unspecified atom stereocenters. The first kappa shape index (κ1) is 14.2. The van der Waals surface area contributed by atoms with Crippen LogP contribution in [0, 0.1) is 0 Å². The van der Waals surface area contributed by atoms with Gasteiger partial charge in [-0.3, -0.25) is 4.79 Å². The number of halogens is 1. The van der Waals surface area contributed by atoms with Gasteiger partial charge in [0.05, 0.1) is 13.5 Å². The summed E-state index contributed by atoms with van der Waals surface area (Å²) in [5.74, 6) is 0.773. The van der Waals surface area contributed by atoms with Crippen molar-refractivity contribution in [2.75, 3.05) is 20.2 Å². The van der Waals surface area contributed by atoms with Crippen molar-refractivity contribution in [3.05, 3.63) is 28.8 Å². The molecule has 2 rings (SSSR count). The van der Waals surface area contributed by atoms with Gasteiger partial charge in [-0.1, -0.05) is 11.6 Å². The summed E-state index contributed by atoms with van der Waals surface area (Å²) in [5.41, 5.74) is 6.72. The highest BCUT2D eigenvalue weighted by Gasteiger charge is 2.22. The van der Waals surface area contributed by atoms with Crippen LogP contribution >= 0.6 is 11.6 Å². The minimum Gasteiger partial charge on any atom is -0.496 e. The van der Waals surface area contributed by atoms with Gasteiger partial charge in [-0.05, 0) is 31.0 Å². The Kier molecular flexibility index (Phi) is 4.66. The number of nitrogens with zero attached hydrogens (tertiary/aromatic N) is 1. The summed E-state index contributed by atoms with van der Waals surface area (Å²) >= 11 is 5.97. The van der Waals surface area contributed by atoms with E-state index in [0.29, 0.717) is 23.7 Å². The molecule has 104 valence electrons. The van der Waals surface area contributed by atoms with Crippen LogP contribution in [0.25, 0.3) is 0 Å². The van der Waals surface area contributed by atoms with E-state index in [1.807, 2.05) is 4.90 Å². The van der Waals surface area contributed by atoms with E-state index in [1.165, 1.54) is 0 Å². The molecular weight excluding hydrogens is 264 g/mol. The molecule has 0 spiro atoms. The van der Waals surface area contributed by atoms with E-state index in [-0.39, 0.29) is 11.9 Å². The SMILES string of the molecule is COc1ccc(Cl)cc1CC(=O)N1CCCC(N)C1. The van der Waals surface area contributed by atoms with Gasteiger partial charge in [0.15, 0.2) is 0 Å². The van der Waals surface area contributed by atoms with Gasteiger partial charge in [0.1, 0.15) is 5.75 Å². The number of benzene rings is 1. The van der Waals surface area contributed by atoms with Crippen LogP contribution in [0.1, 0.15) is 18.4 Å². The molecule has 1 heterocycles. The van der Waals surface area contributed by atoms with Crippen LogP contribution in [0.2, 0.25) is 5.02 Å². The molecule has 5 heteroatoms. The number of carbonyl (C=O) groups is 1. The van der Waals surface area contributed by atoms with E-state index in [0.717, 1.165) is 24.9 Å². The number of nitrogens with two attached hydrogens (primary N) is 1. The Labute approximate surface area is 118 Å². The Bertz CT molecular complexity index is 465. The van der Waals surface area contributed by atoms with Crippen molar-refractivity contribution in [2.24, 2.45) is 5.73 Å². The van der Waals surface area contributed by atoms with Crippen molar-refractivity contribution in [3.8, 4) is 5.75 Å². The lowest BCUT2D eigenvalue weighted by molar-refractivity contribution is -0.131. The molecule has 0 aliphatic carbocycles. The fourth-order valence-electron chi connectivity index (χ4n) is 2.40. The summed E-state index contributed by atoms with van der Waals surface area (Å²) in [6.45, 7) is 1.43. The number of hydrogen-bond donors (Lipinski definition) is 1. The van der Waals surface area contributed by atoms with Crippen LogP contribution in [0.15, 0.2) is 18.2 Å². The molecular formula is C14H19ClN2O2. The number of piperidine rings is 1. The highest BCUT2D eigenvalue weighted by molar-refractivity contribution is 6.30. The van der Waals surface area contributed by atoms with Crippen LogP contribution < -0.4 is 10.5 Å². The van der Waals surface area contributed by atoms with Crippen molar-refractivity contribution in [2.45, 2.75) is 25.3 Å². The fraction of sp³-hybridized carbons (Fsp3) is 0.500. The smallest absolute Gasteiger partial charge is 0.227 e. The number of hydrogen-bond acceptors (Lipinski definition) is 3. The Hall–Kier alpha value is -1.26. The van der Waals surface area contributed by atoms with Crippen molar-refractivity contribution < 1.29 is 9.53 Å². The Morgan fingerprint density at radius 1 is 1.58 bits per heavy atom. The first-order valence-electron chi connectivity index (χ1n) is 6.46. The van der Waals surface area contributed by atoms with Gasteiger partial charge < -0.3 is 15.4 Å². The number of ether oxygens (including phenoxy) is 1. The number of likely N-dealkylation sites (tertiary alicyclic amines) is 1. The molecule has 1 aromatic rings. The summed E-state index contributed by atoms with van der Waals surface area (Å²) in [6.07, 6.45) is 2.26. The van der Waals surface area contributed by atoms with Gasteiger partial charge in [0, 0.05) is 29.7 Å². The van der Waals surface area contributed by atoms with Crippen LogP contribution in [-0.4, -0.2) is 37.0 Å². The van der Waals surface area contributed by atoms with E-state index in [1.54, 1.807) is 25.3 Å². The minimum atomic E-state index is 0.0794. The largest absolute Gasteiger partial charge is 0.496 e. The van der Waals surface area contributed by atoms with Gasteiger partial charge in [0.2, 0.25) is 5.91 Å². The second-order valence-corrected chi connectivity index (χ2v) is 5.31. The molecule has 19 heavy (non-hydrogen) atoms. The van der Waals surface area contributed by atoms with Gasteiger partial charge in [-0.15, -0.1) is 0 Å². The maximum Gasteiger partial charge on any atom is 0.227 e. The lowest BCUT2D eigenvalue weighted by atomic mass is 10.0. The molecule has 0 radical (unpaired) electrons. The highest BCUT2D eigenvalue weighted by Crippen LogP contribution is 2.24. The lowest BCUT2D eigenvalue weighted by Crippen LogP contribution is -2.46. The summed E-state index contributed by atoms with van der Waals surface area (Å²) in [5, 5.41) is 0.610. The zero-order valence-corrected chi connectivity index (χ0v) is 11.8. The van der Waals surface area contributed by atoms with Gasteiger partial charge in [0.25, 0.3) is 0 Å². The second-order valence-electron chi connectivity index (χ2n) is 4.88. The third-order valence-corrected chi connectivity index (χ3v) is 3.63. The summed E-state index contributed by atoms with van der Waals surface area (Å²) in [4.78, 5) is 14.1. The normalized spacial score (nSPS) is 19.3. The van der Waals surface area contributed by atoms with Gasteiger partial charge in [-0.2, -0.15) is 0 Å². The van der Waals surface area contributed by atoms with Crippen molar-refractivity contribution in [1.29, 1.82) is 0 Å². The van der Waals surface area contributed by atoms with E-state index < -0.39 is 0 Å². The Morgan fingerprint density at radius 2 is 2.37 bits per heavy atom. The maximum absolute atomic E-state index is 12.3. The predicted molar refractivity (Wildman–Crippen MR) is 75.5 cm³/mol. The second kappa shape index (κ2) is 6.26. The maximum atomic E-state index is 12.3. The average Bonchev–Trinajstić information content (AvgIpc) is 2.39. The summed E-state index contributed by atoms with van der Waals surface area (Å²) in [6, 6.07) is 5.42. The van der Waals surface area contributed by atoms with Gasteiger partial charge in [-0.25, -0.2) is 0 Å². The first-order chi connectivity index (χ1) is 9.10. The molecule has 1 aliphatic heterocycles. The topological polar surface area (TPSA) is 55.6 Å². The summed E-state index contributed by atoms with van der Waals surface area (Å²) in [7, 11) is 1.59. The number of methoxy groups -OCH3 is 1. The van der Waals surface area contributed by atoms with E-state index in [2.05, 4.69) is 0 Å². The molecule has 1 aliphatic rings. The average molecular weight is 283 g/mol. The monoisotopic (exact) mass is 282 g/mol. The lowest BCUT2D eigenvalue weighted by Gasteiger charge is -2.31. The molecule has 0 bridgehead atoms. The highest BCUT2D eigenvalue weighted by atomic mass is 35.5. The van der Waals surface area contributed by atoms with Crippen molar-refractivity contribution in [1.82, 2.24) is 4.90 Å². The third-order valence-electron chi connectivity index (χ3n) is 3.39. The van der Waals surface area contributed by atoms with Crippen LogP contribution in [0.3, 0.4) is 0 Å². The summed E-state index contributed by atoms with van der Waals surface area (Å²) < 4.78 is 5.26. The molecule has 1 atom stereocenters. The van der Waals surface area contributed by atoms with Crippen molar-refractivity contribution >= 4 is 17.5 Å². The van der Waals surface area contributed by atoms with Gasteiger partial charge >= 0.3 is 0 Å². The zero-order valence-electron chi connectivity index (χ0n) is 11.1. The van der Waals surface area contributed by atoms with Crippen LogP contribution in [0.5, 0.6) is 5.75 Å². The minimum absolute atomic E-state index is 0.0794. The van der Waals surface area contributed by atoms with E-state index in [4.69, 9.17) is 22.1 Å². The van der Waals surface area contributed by atoms with Crippen LogP contribution in [0.4, 0.5) is 0 Å². The molecule has 0 saturated carbocycles. The number of rotatable bonds is 3. The standard InChI is InChI=1S/C14H19ClN2O2/c1-19-13-5-4-11(15)7-10(13)8-14(18)17-6-2-3-12(16)9-17/h4-5,7,12H,2-3,6,8-9,16H2,1H3. The molecule has 2 N–H and O–H groups in total. The number of amides is 1. The van der Waals surface area contributed by atoms with E-state index >= 15 is 0 Å². The quantitative estimate of drug-likeness (QED) is 0.920. The zero-order chi connectivity index (χ0) is 13.8. The van der Waals surface area contributed by atoms with Crippen molar-refractivity contribution in [3.63, 3.8) is 0 Å². The molecule has 1 amide bonds. The fourth-order valence-corrected chi connectivity index (χ4v) is 2.59. The third kappa shape index (κ3) is 3.61. The molecule has 4 nitrogen and oxygen atoms in total. The molecule has 1 aromatic carbocycles. The molecule has 1 fully saturated rings. The first-order valence-corrected chi connectivity index (χ1v) is 6.83. The molecule has 0 aromatic heterocycles. The number of carbonyl (C=O) groups excluding carboxylic acids is 1.